The van der Waals surface area contributed by atoms with Crippen molar-refractivity contribution in [3.63, 3.8) is 0 Å². The molecule has 0 radical (unpaired) electrons. The third-order valence-electron chi connectivity index (χ3n) is 5.34. The van der Waals surface area contributed by atoms with E-state index in [0.717, 1.165) is 16.8 Å². The fourth-order valence-corrected chi connectivity index (χ4v) is 3.86. The molecule has 3 aromatic carbocycles. The van der Waals surface area contributed by atoms with Crippen molar-refractivity contribution < 1.29 is 9.53 Å². The maximum Gasteiger partial charge on any atom is 0.261 e. The number of ether oxygens (including phenoxy) is 1. The minimum atomic E-state index is -0.349. The van der Waals surface area contributed by atoms with Gasteiger partial charge >= 0.3 is 0 Å². The van der Waals surface area contributed by atoms with Crippen molar-refractivity contribution >= 4 is 35.1 Å². The van der Waals surface area contributed by atoms with Crippen LogP contribution in [0.4, 0.5) is 11.9 Å². The van der Waals surface area contributed by atoms with E-state index in [9.17, 15) is 4.79 Å². The van der Waals surface area contributed by atoms with Gasteiger partial charge in [-0.2, -0.15) is 4.98 Å². The second-order valence-electron chi connectivity index (χ2n) is 7.43. The van der Waals surface area contributed by atoms with Crippen molar-refractivity contribution in [3.8, 4) is 5.75 Å². The van der Waals surface area contributed by atoms with Crippen molar-refractivity contribution in [1.29, 1.82) is 0 Å². The predicted molar refractivity (Wildman–Crippen MR) is 129 cm³/mol. The quantitative estimate of drug-likeness (QED) is 0.428. The van der Waals surface area contributed by atoms with E-state index in [4.69, 9.17) is 16.3 Å². The highest BCUT2D eigenvalue weighted by molar-refractivity contribution is 6.30. The molecule has 1 aliphatic rings. The molecule has 0 bridgehead atoms. The van der Waals surface area contributed by atoms with E-state index in [1.807, 2.05) is 60.7 Å². The summed E-state index contributed by atoms with van der Waals surface area (Å²) in [4.78, 5) is 17.4. The van der Waals surface area contributed by atoms with Gasteiger partial charge in [0.2, 0.25) is 5.95 Å². The Morgan fingerprint density at radius 3 is 2.52 bits per heavy atom. The summed E-state index contributed by atoms with van der Waals surface area (Å²) in [5.74, 6) is 0.843. The summed E-state index contributed by atoms with van der Waals surface area (Å²) in [6.45, 7) is 0. The minimum absolute atomic E-state index is 0.195. The summed E-state index contributed by atoms with van der Waals surface area (Å²) < 4.78 is 7.05. The average molecular weight is 458 g/mol. The number of amides is 1. The van der Waals surface area contributed by atoms with Gasteiger partial charge in [-0.15, -0.1) is 5.10 Å². The molecule has 0 saturated carbocycles. The normalized spacial score (nSPS) is 14.6. The Kier molecular flexibility index (Phi) is 5.54. The topological polar surface area (TPSA) is 81.1 Å². The summed E-state index contributed by atoms with van der Waals surface area (Å²) in [5.41, 5.74) is 3.29. The lowest BCUT2D eigenvalue weighted by molar-refractivity contribution is 0.102. The Hall–Kier alpha value is -4.10. The second-order valence-corrected chi connectivity index (χ2v) is 7.86. The molecular formula is C25H20ClN5O2. The fraction of sp³-hybridized carbons (Fsp3) is 0.0800. The van der Waals surface area contributed by atoms with E-state index in [2.05, 4.69) is 26.8 Å². The van der Waals surface area contributed by atoms with Crippen molar-refractivity contribution in [2.24, 2.45) is 0 Å². The summed E-state index contributed by atoms with van der Waals surface area (Å²) in [6, 6.07) is 24.4. The smallest absolute Gasteiger partial charge is 0.261 e. The highest BCUT2D eigenvalue weighted by Crippen LogP contribution is 2.33. The molecule has 0 fully saturated rings. The van der Waals surface area contributed by atoms with Gasteiger partial charge in [0.25, 0.3) is 11.9 Å². The van der Waals surface area contributed by atoms with E-state index < -0.39 is 0 Å². The van der Waals surface area contributed by atoms with Crippen molar-refractivity contribution in [2.75, 3.05) is 17.7 Å². The maximum absolute atomic E-state index is 12.8. The zero-order valence-corrected chi connectivity index (χ0v) is 18.5. The number of fused-ring (bicyclic) bond motifs is 1. The van der Waals surface area contributed by atoms with Crippen LogP contribution in [0, 0.1) is 0 Å². The first-order valence-electron chi connectivity index (χ1n) is 10.3. The number of hydrogen-bond acceptors (Lipinski definition) is 5. The van der Waals surface area contributed by atoms with Crippen LogP contribution in [0.5, 0.6) is 5.75 Å². The van der Waals surface area contributed by atoms with Crippen LogP contribution in [0.3, 0.4) is 0 Å². The number of anilines is 2. The molecule has 1 aromatic heterocycles. The standard InChI is InChI=1S/C25H20ClN5O2/c1-33-22-10-6-5-9-19(22)23(32)28-24-29-25-27-20(16-11-13-18(26)14-12-16)15-21(31(25)30-24)17-7-3-2-4-8-17/h2-15,21H,1H3,(H2,27,28,29,30,32). The summed E-state index contributed by atoms with van der Waals surface area (Å²) >= 11 is 6.06. The van der Waals surface area contributed by atoms with Gasteiger partial charge in [0, 0.05) is 10.7 Å². The molecule has 5 rings (SSSR count). The number of para-hydroxylation sites is 1. The van der Waals surface area contributed by atoms with Crippen LogP contribution in [-0.4, -0.2) is 27.8 Å². The molecular weight excluding hydrogens is 438 g/mol. The lowest BCUT2D eigenvalue weighted by Gasteiger charge is -2.24. The Morgan fingerprint density at radius 2 is 1.76 bits per heavy atom. The lowest BCUT2D eigenvalue weighted by atomic mass is 10.0. The number of halogens is 1. The average Bonchev–Trinajstić information content (AvgIpc) is 3.26. The molecule has 8 heteroatoms. The highest BCUT2D eigenvalue weighted by atomic mass is 35.5. The molecule has 0 aliphatic carbocycles. The van der Waals surface area contributed by atoms with Gasteiger partial charge in [-0.25, -0.2) is 4.68 Å². The van der Waals surface area contributed by atoms with E-state index in [1.54, 1.807) is 22.9 Å². The number of benzene rings is 3. The molecule has 1 aliphatic heterocycles. The van der Waals surface area contributed by atoms with Gasteiger partial charge in [-0.1, -0.05) is 66.2 Å². The molecule has 164 valence electrons. The first-order chi connectivity index (χ1) is 16.1. The molecule has 2 heterocycles. The lowest BCUT2D eigenvalue weighted by Crippen LogP contribution is -2.20. The van der Waals surface area contributed by atoms with E-state index >= 15 is 0 Å². The van der Waals surface area contributed by atoms with Crippen molar-refractivity contribution in [2.45, 2.75) is 6.04 Å². The molecule has 1 unspecified atom stereocenters. The highest BCUT2D eigenvalue weighted by Gasteiger charge is 2.26. The zero-order chi connectivity index (χ0) is 22.8. The van der Waals surface area contributed by atoms with E-state index in [1.165, 1.54) is 7.11 Å². The number of carbonyl (C=O) groups excluding carboxylic acids is 1. The molecule has 0 saturated heterocycles. The Labute approximate surface area is 195 Å². The van der Waals surface area contributed by atoms with Gasteiger partial charge in [0.15, 0.2) is 0 Å². The van der Waals surface area contributed by atoms with Gasteiger partial charge in [-0.05, 0) is 41.5 Å². The molecule has 0 spiro atoms. The Morgan fingerprint density at radius 1 is 1.03 bits per heavy atom. The van der Waals surface area contributed by atoms with Crippen LogP contribution in [0.2, 0.25) is 5.02 Å². The van der Waals surface area contributed by atoms with Crippen LogP contribution < -0.4 is 15.4 Å². The number of aromatic nitrogens is 3. The number of methoxy groups -OCH3 is 1. The third kappa shape index (κ3) is 4.18. The third-order valence-corrected chi connectivity index (χ3v) is 5.59. The second kappa shape index (κ2) is 8.80. The molecule has 7 nitrogen and oxygen atoms in total. The SMILES string of the molecule is COc1ccccc1C(=O)Nc1nc2n(n1)C(c1ccccc1)C=C(c1ccc(Cl)cc1)N2. The predicted octanol–water partition coefficient (Wildman–Crippen LogP) is 5.25. The largest absolute Gasteiger partial charge is 0.496 e. The fourth-order valence-electron chi connectivity index (χ4n) is 3.73. The number of nitrogens with one attached hydrogen (secondary N) is 2. The number of allylic oxidation sites excluding steroid dienone is 1. The summed E-state index contributed by atoms with van der Waals surface area (Å²) in [7, 11) is 1.53. The van der Waals surface area contributed by atoms with Gasteiger partial charge in [0.05, 0.1) is 12.7 Å². The van der Waals surface area contributed by atoms with Gasteiger partial charge in [0.1, 0.15) is 11.8 Å². The molecule has 33 heavy (non-hydrogen) atoms. The van der Waals surface area contributed by atoms with Gasteiger partial charge in [-0.3, -0.25) is 10.1 Å². The molecule has 1 amide bonds. The summed E-state index contributed by atoms with van der Waals surface area (Å²) in [6.07, 6.45) is 2.08. The van der Waals surface area contributed by atoms with Gasteiger partial charge < -0.3 is 10.1 Å². The maximum atomic E-state index is 12.8. The van der Waals surface area contributed by atoms with Crippen LogP contribution in [-0.2, 0) is 0 Å². The van der Waals surface area contributed by atoms with Crippen LogP contribution in [0.1, 0.15) is 27.5 Å². The number of nitrogens with zero attached hydrogens (tertiary/aromatic N) is 3. The first-order valence-corrected chi connectivity index (χ1v) is 10.7. The van der Waals surface area contributed by atoms with Crippen LogP contribution in [0.15, 0.2) is 84.9 Å². The number of hydrogen-bond donors (Lipinski definition) is 2. The number of carbonyl (C=O) groups is 1. The molecule has 1 atom stereocenters. The van der Waals surface area contributed by atoms with Crippen molar-refractivity contribution in [1.82, 2.24) is 14.8 Å². The molecule has 2 N–H and O–H groups in total. The van der Waals surface area contributed by atoms with Crippen molar-refractivity contribution in [3.05, 3.63) is 107 Å². The number of rotatable bonds is 5. The van der Waals surface area contributed by atoms with Crippen LogP contribution in [0.25, 0.3) is 5.70 Å². The molecule has 4 aromatic rings. The Balaban J connectivity index is 1.50. The van der Waals surface area contributed by atoms with E-state index in [-0.39, 0.29) is 17.9 Å². The van der Waals surface area contributed by atoms with E-state index in [0.29, 0.717) is 22.3 Å². The monoisotopic (exact) mass is 457 g/mol. The van der Waals surface area contributed by atoms with Crippen LogP contribution >= 0.6 is 11.6 Å². The Bertz CT molecular complexity index is 1330. The zero-order valence-electron chi connectivity index (χ0n) is 17.7. The minimum Gasteiger partial charge on any atom is -0.496 e. The first kappa shape index (κ1) is 20.8. The summed E-state index contributed by atoms with van der Waals surface area (Å²) in [5, 5.41) is 11.3.